The fourth-order valence-electron chi connectivity index (χ4n) is 2.85. The van der Waals surface area contributed by atoms with Gasteiger partial charge in [0.05, 0.1) is 21.2 Å². The lowest BCUT2D eigenvalue weighted by atomic mass is 10.2. The molecule has 1 aliphatic heterocycles. The maximum Gasteiger partial charge on any atom is 0.262 e. The number of halogens is 2. The van der Waals surface area contributed by atoms with E-state index in [2.05, 4.69) is 10.3 Å². The molecule has 1 aromatic heterocycles. The molecule has 1 amide bonds. The van der Waals surface area contributed by atoms with Crippen molar-refractivity contribution in [1.29, 1.82) is 0 Å². The van der Waals surface area contributed by atoms with Crippen LogP contribution in [-0.4, -0.2) is 19.3 Å². The number of amides is 1. The summed E-state index contributed by atoms with van der Waals surface area (Å²) in [5.41, 5.74) is 1.68. The number of aromatic nitrogens is 1. The van der Waals surface area contributed by atoms with Crippen LogP contribution in [0.1, 0.15) is 11.1 Å². The Labute approximate surface area is 182 Å². The first kappa shape index (κ1) is 20.1. The van der Waals surface area contributed by atoms with Gasteiger partial charge in [0, 0.05) is 32.9 Å². The molecule has 5 nitrogen and oxygen atoms in total. The van der Waals surface area contributed by atoms with E-state index >= 15 is 0 Å². The first-order valence-corrected chi connectivity index (χ1v) is 11.7. The second-order valence-corrected chi connectivity index (χ2v) is 10.2. The lowest BCUT2D eigenvalue weighted by molar-refractivity contribution is -0.112. The van der Waals surface area contributed by atoms with Crippen molar-refractivity contribution < 1.29 is 13.2 Å². The summed E-state index contributed by atoms with van der Waals surface area (Å²) >= 11 is 13.5. The molecule has 0 saturated heterocycles. The minimum atomic E-state index is -3.71. The van der Waals surface area contributed by atoms with Crippen LogP contribution in [0.4, 0.5) is 5.69 Å². The van der Waals surface area contributed by atoms with Crippen molar-refractivity contribution in [3.8, 4) is 0 Å². The summed E-state index contributed by atoms with van der Waals surface area (Å²) in [5.74, 6) is -0.614. The second-order valence-electron chi connectivity index (χ2n) is 6.33. The van der Waals surface area contributed by atoms with Crippen LogP contribution in [0.3, 0.4) is 0 Å². The zero-order chi connectivity index (χ0) is 20.6. The number of nitrogens with one attached hydrogen (secondary N) is 2. The molecule has 2 heterocycles. The Balaban J connectivity index is 1.64. The molecule has 0 radical (unpaired) electrons. The molecule has 4 rings (SSSR count). The van der Waals surface area contributed by atoms with Crippen LogP contribution < -0.4 is 5.32 Å². The summed E-state index contributed by atoms with van der Waals surface area (Å²) < 4.78 is 25.8. The number of H-pyrrole nitrogens is 1. The number of benzene rings is 2. The van der Waals surface area contributed by atoms with E-state index in [0.29, 0.717) is 26.2 Å². The lowest BCUT2D eigenvalue weighted by Gasteiger charge is -2.19. The Morgan fingerprint density at radius 2 is 1.83 bits per heavy atom. The maximum absolute atomic E-state index is 12.9. The van der Waals surface area contributed by atoms with E-state index < -0.39 is 9.84 Å². The number of carbonyl (C=O) groups excluding carboxylic acids is 1. The van der Waals surface area contributed by atoms with Crippen LogP contribution in [0, 0.1) is 0 Å². The van der Waals surface area contributed by atoms with E-state index in [1.807, 2.05) is 6.07 Å². The summed E-state index contributed by atoms with van der Waals surface area (Å²) in [6.45, 7) is 0. The van der Waals surface area contributed by atoms with Gasteiger partial charge in [0.15, 0.2) is 9.84 Å². The van der Waals surface area contributed by atoms with Crippen LogP contribution in [0.25, 0.3) is 6.08 Å². The van der Waals surface area contributed by atoms with Crippen molar-refractivity contribution in [1.82, 2.24) is 4.98 Å². The van der Waals surface area contributed by atoms with E-state index in [1.54, 1.807) is 42.7 Å². The highest BCUT2D eigenvalue weighted by molar-refractivity contribution is 8.04. The molecule has 148 valence electrons. The van der Waals surface area contributed by atoms with Crippen LogP contribution >= 0.6 is 35.0 Å². The van der Waals surface area contributed by atoms with Gasteiger partial charge in [-0.2, -0.15) is 0 Å². The molecule has 3 aromatic rings. The predicted octanol–water partition coefficient (Wildman–Crippen LogP) is 5.38. The molecule has 0 atom stereocenters. The number of hydrogen-bond donors (Lipinski definition) is 2. The number of aromatic amines is 1. The Kier molecular flexibility index (Phi) is 5.48. The number of anilines is 1. The number of hydrogen-bond acceptors (Lipinski definition) is 4. The van der Waals surface area contributed by atoms with Gasteiger partial charge in [0.2, 0.25) is 0 Å². The van der Waals surface area contributed by atoms with Crippen molar-refractivity contribution >= 4 is 62.5 Å². The van der Waals surface area contributed by atoms with Gasteiger partial charge < -0.3 is 10.3 Å². The zero-order valence-corrected chi connectivity index (χ0v) is 17.9. The van der Waals surface area contributed by atoms with Gasteiger partial charge in [-0.1, -0.05) is 41.0 Å². The quantitative estimate of drug-likeness (QED) is 0.507. The van der Waals surface area contributed by atoms with Gasteiger partial charge in [0.1, 0.15) is 0 Å². The first-order chi connectivity index (χ1) is 13.8. The predicted molar refractivity (Wildman–Crippen MR) is 117 cm³/mol. The van der Waals surface area contributed by atoms with E-state index in [0.717, 1.165) is 10.5 Å². The van der Waals surface area contributed by atoms with Gasteiger partial charge in [0.25, 0.3) is 5.91 Å². The second kappa shape index (κ2) is 7.91. The van der Waals surface area contributed by atoms with Crippen molar-refractivity contribution in [3.63, 3.8) is 0 Å². The summed E-state index contributed by atoms with van der Waals surface area (Å²) in [6.07, 6.45) is 5.32. The minimum absolute atomic E-state index is 0.0891. The number of rotatable bonds is 4. The average molecular weight is 465 g/mol. The third kappa shape index (κ3) is 4.23. The topological polar surface area (TPSA) is 79.0 Å². The monoisotopic (exact) mass is 464 g/mol. The molecule has 0 bridgehead atoms. The van der Waals surface area contributed by atoms with Gasteiger partial charge in [-0.15, -0.1) is 0 Å². The molecule has 0 unspecified atom stereocenters. The minimum Gasteiger partial charge on any atom is -0.367 e. The Morgan fingerprint density at radius 1 is 1.07 bits per heavy atom. The smallest absolute Gasteiger partial charge is 0.262 e. The van der Waals surface area contributed by atoms with E-state index in [4.69, 9.17) is 23.2 Å². The van der Waals surface area contributed by atoms with Crippen molar-refractivity contribution in [2.24, 2.45) is 0 Å². The van der Waals surface area contributed by atoms with Gasteiger partial charge in [-0.3, -0.25) is 4.79 Å². The zero-order valence-electron chi connectivity index (χ0n) is 14.8. The van der Waals surface area contributed by atoms with E-state index in [-0.39, 0.29) is 16.6 Å². The van der Waals surface area contributed by atoms with Crippen LogP contribution in [0.15, 0.2) is 69.6 Å². The third-order valence-electron chi connectivity index (χ3n) is 4.32. The number of sulfone groups is 1. The van der Waals surface area contributed by atoms with Crippen molar-refractivity contribution in [2.75, 3.05) is 5.32 Å². The summed E-state index contributed by atoms with van der Waals surface area (Å²) in [5, 5.41) is 3.35. The molecular formula is C20H14Cl2N2O3S2. The van der Waals surface area contributed by atoms with Crippen molar-refractivity contribution in [3.05, 3.63) is 80.9 Å². The molecule has 2 N–H and O–H groups in total. The van der Waals surface area contributed by atoms with Gasteiger partial charge in [-0.05, 0) is 48.0 Å². The third-order valence-corrected chi connectivity index (χ3v) is 7.77. The van der Waals surface area contributed by atoms with E-state index in [9.17, 15) is 13.2 Å². The first-order valence-electron chi connectivity index (χ1n) is 8.47. The number of thioether (sulfide) groups is 1. The van der Waals surface area contributed by atoms with Crippen LogP contribution in [0.2, 0.25) is 10.0 Å². The molecule has 0 spiro atoms. The Hall–Kier alpha value is -2.19. The Bertz CT molecular complexity index is 1220. The number of carbonyl (C=O) groups is 1. The fourth-order valence-corrected chi connectivity index (χ4v) is 5.91. The molecule has 9 heteroatoms. The summed E-state index contributed by atoms with van der Waals surface area (Å²) in [7, 11) is -3.71. The Morgan fingerprint density at radius 3 is 2.52 bits per heavy atom. The highest BCUT2D eigenvalue weighted by Crippen LogP contribution is 2.40. The van der Waals surface area contributed by atoms with E-state index in [1.165, 1.54) is 23.9 Å². The normalized spacial score (nSPS) is 15.2. The molecule has 0 saturated carbocycles. The van der Waals surface area contributed by atoms with Gasteiger partial charge in [-0.25, -0.2) is 8.42 Å². The molecule has 0 fully saturated rings. The standard InChI is InChI=1S/C20H14Cl2N2O3S2/c21-15-2-1-3-16(22)14(15)11-29(26,27)13-4-5-18-17(9-13)24-20(25)19(28-18)8-12-6-7-23-10-12/h1-10,23H,11H2,(H,24,25)/b19-8-. The molecule has 1 aliphatic rings. The van der Waals surface area contributed by atoms with Crippen LogP contribution in [-0.2, 0) is 20.4 Å². The van der Waals surface area contributed by atoms with Crippen LogP contribution in [0.5, 0.6) is 0 Å². The van der Waals surface area contributed by atoms with Gasteiger partial charge >= 0.3 is 0 Å². The molecular weight excluding hydrogens is 451 g/mol. The molecule has 29 heavy (non-hydrogen) atoms. The highest BCUT2D eigenvalue weighted by Gasteiger charge is 2.25. The number of fused-ring (bicyclic) bond motifs is 1. The maximum atomic E-state index is 12.9. The molecule has 0 aliphatic carbocycles. The summed E-state index contributed by atoms with van der Waals surface area (Å²) in [4.78, 5) is 16.7. The summed E-state index contributed by atoms with van der Waals surface area (Å²) in [6, 6.07) is 11.4. The fraction of sp³-hybridized carbons (Fsp3) is 0.0500. The molecule has 2 aromatic carbocycles. The highest BCUT2D eigenvalue weighted by atomic mass is 35.5. The lowest BCUT2D eigenvalue weighted by Crippen LogP contribution is -2.18. The van der Waals surface area contributed by atoms with Crippen molar-refractivity contribution in [2.45, 2.75) is 15.5 Å². The SMILES string of the molecule is O=C1Nc2cc(S(=O)(=O)Cc3c(Cl)cccc3Cl)ccc2S/C1=C\c1cc[nH]c1. The largest absolute Gasteiger partial charge is 0.367 e. The average Bonchev–Trinajstić information content (AvgIpc) is 3.18.